The lowest BCUT2D eigenvalue weighted by Crippen LogP contribution is -2.55. The monoisotopic (exact) mass is 337 g/mol. The highest BCUT2D eigenvalue weighted by atomic mass is 16.2. The van der Waals surface area contributed by atoms with E-state index in [0.717, 1.165) is 12.1 Å². The summed E-state index contributed by atoms with van der Waals surface area (Å²) >= 11 is 0. The summed E-state index contributed by atoms with van der Waals surface area (Å²) in [5.41, 5.74) is 7.94. The predicted octanol–water partition coefficient (Wildman–Crippen LogP) is 2.73. The van der Waals surface area contributed by atoms with Gasteiger partial charge in [-0.3, -0.25) is 4.79 Å². The summed E-state index contributed by atoms with van der Waals surface area (Å²) in [7, 11) is 0. The van der Waals surface area contributed by atoms with Crippen LogP contribution in [-0.2, 0) is 6.42 Å². The number of rotatable bonds is 5. The third kappa shape index (κ3) is 3.82. The van der Waals surface area contributed by atoms with E-state index in [2.05, 4.69) is 24.4 Å². The van der Waals surface area contributed by atoms with Crippen molar-refractivity contribution in [2.24, 2.45) is 11.7 Å². The highest BCUT2D eigenvalue weighted by molar-refractivity contribution is 5.92. The van der Waals surface area contributed by atoms with Crippen molar-refractivity contribution in [3.05, 3.63) is 71.3 Å². The van der Waals surface area contributed by atoms with Gasteiger partial charge in [-0.1, -0.05) is 49.4 Å². The van der Waals surface area contributed by atoms with Gasteiger partial charge in [0.2, 0.25) is 5.91 Å². The second-order valence-electron chi connectivity index (χ2n) is 6.53. The molecule has 1 saturated heterocycles. The number of nitrogens with one attached hydrogen (secondary N) is 1. The highest BCUT2D eigenvalue weighted by Crippen LogP contribution is 2.38. The molecular formula is C20H23N3O2. The van der Waals surface area contributed by atoms with Gasteiger partial charge in [0.05, 0.1) is 6.04 Å². The summed E-state index contributed by atoms with van der Waals surface area (Å²) in [5, 5.41) is 2.97. The van der Waals surface area contributed by atoms with Crippen LogP contribution in [0.4, 0.5) is 4.79 Å². The van der Waals surface area contributed by atoms with Crippen LogP contribution in [-0.4, -0.2) is 29.9 Å². The average Bonchev–Trinajstić information content (AvgIpc) is 2.60. The largest absolute Gasteiger partial charge is 0.366 e. The SMILES string of the molecule is C[C@H]1CN(C(=O)NCCc2cccc(C(N)=O)c2)[C@H]1c1ccccc1. The van der Waals surface area contributed by atoms with Crippen LogP contribution in [0.5, 0.6) is 0 Å². The molecule has 0 radical (unpaired) electrons. The molecule has 3 rings (SSSR count). The first-order valence-corrected chi connectivity index (χ1v) is 8.54. The maximum atomic E-state index is 12.5. The number of hydrogen-bond donors (Lipinski definition) is 2. The number of primary amides is 1. The van der Waals surface area contributed by atoms with Crippen molar-refractivity contribution in [2.75, 3.05) is 13.1 Å². The van der Waals surface area contributed by atoms with Crippen molar-refractivity contribution in [2.45, 2.75) is 19.4 Å². The van der Waals surface area contributed by atoms with Crippen LogP contribution < -0.4 is 11.1 Å². The van der Waals surface area contributed by atoms with E-state index >= 15 is 0 Å². The quantitative estimate of drug-likeness (QED) is 0.880. The maximum absolute atomic E-state index is 12.5. The fourth-order valence-electron chi connectivity index (χ4n) is 3.36. The normalized spacial score (nSPS) is 19.2. The Kier molecular flexibility index (Phi) is 5.03. The van der Waals surface area contributed by atoms with E-state index in [9.17, 15) is 9.59 Å². The lowest BCUT2D eigenvalue weighted by molar-refractivity contribution is 0.0594. The van der Waals surface area contributed by atoms with Gasteiger partial charge >= 0.3 is 6.03 Å². The van der Waals surface area contributed by atoms with Gasteiger partial charge in [0, 0.05) is 18.7 Å². The molecule has 0 bridgehead atoms. The molecule has 0 saturated carbocycles. The van der Waals surface area contributed by atoms with Crippen LogP contribution >= 0.6 is 0 Å². The molecule has 1 aliphatic heterocycles. The Bertz CT molecular complexity index is 761. The Balaban J connectivity index is 1.54. The fourth-order valence-corrected chi connectivity index (χ4v) is 3.36. The smallest absolute Gasteiger partial charge is 0.317 e. The van der Waals surface area contributed by atoms with Crippen LogP contribution in [0, 0.1) is 5.92 Å². The van der Waals surface area contributed by atoms with Crippen molar-refractivity contribution >= 4 is 11.9 Å². The third-order valence-corrected chi connectivity index (χ3v) is 4.66. The highest BCUT2D eigenvalue weighted by Gasteiger charge is 2.39. The fraction of sp³-hybridized carbons (Fsp3) is 0.300. The van der Waals surface area contributed by atoms with E-state index in [0.29, 0.717) is 24.4 Å². The lowest BCUT2D eigenvalue weighted by Gasteiger charge is -2.46. The Hall–Kier alpha value is -2.82. The molecule has 5 heteroatoms. The van der Waals surface area contributed by atoms with Crippen LogP contribution in [0.3, 0.4) is 0 Å². The number of carbonyl (C=O) groups is 2. The molecule has 2 atom stereocenters. The molecule has 3 amide bonds. The number of hydrogen-bond acceptors (Lipinski definition) is 2. The zero-order valence-corrected chi connectivity index (χ0v) is 14.3. The summed E-state index contributed by atoms with van der Waals surface area (Å²) in [6.07, 6.45) is 0.659. The number of nitrogens with zero attached hydrogens (tertiary/aromatic N) is 1. The van der Waals surface area contributed by atoms with E-state index in [1.54, 1.807) is 18.2 Å². The second kappa shape index (κ2) is 7.38. The number of benzene rings is 2. The Labute approximate surface area is 147 Å². The van der Waals surface area contributed by atoms with E-state index < -0.39 is 5.91 Å². The molecule has 2 aromatic rings. The summed E-state index contributed by atoms with van der Waals surface area (Å²) in [6, 6.07) is 17.4. The average molecular weight is 337 g/mol. The van der Waals surface area contributed by atoms with Crippen molar-refractivity contribution in [1.82, 2.24) is 10.2 Å². The van der Waals surface area contributed by atoms with Crippen molar-refractivity contribution in [1.29, 1.82) is 0 Å². The number of urea groups is 1. The van der Waals surface area contributed by atoms with Gasteiger partial charge in [-0.15, -0.1) is 0 Å². The molecule has 1 fully saturated rings. The summed E-state index contributed by atoms with van der Waals surface area (Å²) in [4.78, 5) is 25.6. The second-order valence-corrected chi connectivity index (χ2v) is 6.53. The van der Waals surface area contributed by atoms with Gasteiger partial charge in [0.15, 0.2) is 0 Å². The molecular weight excluding hydrogens is 314 g/mol. The number of carbonyl (C=O) groups excluding carboxylic acids is 2. The number of nitrogens with two attached hydrogens (primary N) is 1. The minimum absolute atomic E-state index is 0.0435. The molecule has 0 aliphatic carbocycles. The maximum Gasteiger partial charge on any atom is 0.317 e. The minimum atomic E-state index is -0.439. The lowest BCUT2D eigenvalue weighted by atomic mass is 9.85. The molecule has 0 aromatic heterocycles. The van der Waals surface area contributed by atoms with Crippen molar-refractivity contribution in [3.8, 4) is 0 Å². The molecule has 1 heterocycles. The number of likely N-dealkylation sites (tertiary alicyclic amines) is 1. The molecule has 5 nitrogen and oxygen atoms in total. The number of amides is 3. The summed E-state index contributed by atoms with van der Waals surface area (Å²) < 4.78 is 0. The van der Waals surface area contributed by atoms with E-state index in [4.69, 9.17) is 5.73 Å². The zero-order chi connectivity index (χ0) is 17.8. The molecule has 0 spiro atoms. The van der Waals surface area contributed by atoms with Gasteiger partial charge in [-0.25, -0.2) is 4.79 Å². The van der Waals surface area contributed by atoms with Crippen LogP contribution in [0.15, 0.2) is 54.6 Å². The van der Waals surface area contributed by atoms with Crippen molar-refractivity contribution < 1.29 is 9.59 Å². The molecule has 2 aromatic carbocycles. The third-order valence-electron chi connectivity index (χ3n) is 4.66. The van der Waals surface area contributed by atoms with Crippen molar-refractivity contribution in [3.63, 3.8) is 0 Å². The molecule has 25 heavy (non-hydrogen) atoms. The summed E-state index contributed by atoms with van der Waals surface area (Å²) in [5.74, 6) is 0.0200. The van der Waals surface area contributed by atoms with Crippen LogP contribution in [0.2, 0.25) is 0 Å². The van der Waals surface area contributed by atoms with E-state index in [1.807, 2.05) is 29.2 Å². The van der Waals surface area contributed by atoms with E-state index in [-0.39, 0.29) is 12.1 Å². The van der Waals surface area contributed by atoms with Gasteiger partial charge in [-0.2, -0.15) is 0 Å². The van der Waals surface area contributed by atoms with Gasteiger partial charge in [-0.05, 0) is 35.6 Å². The standard InChI is InChI=1S/C20H23N3O2/c1-14-13-23(18(14)16-7-3-2-4-8-16)20(25)22-11-10-15-6-5-9-17(12-15)19(21)24/h2-9,12,14,18H,10-11,13H2,1H3,(H2,21,24)(H,22,25)/t14-,18+/m0/s1. The molecule has 3 N–H and O–H groups in total. The Morgan fingerprint density at radius 1 is 1.16 bits per heavy atom. The zero-order valence-electron chi connectivity index (χ0n) is 14.3. The Morgan fingerprint density at radius 3 is 2.60 bits per heavy atom. The minimum Gasteiger partial charge on any atom is -0.366 e. The van der Waals surface area contributed by atoms with Crippen LogP contribution in [0.25, 0.3) is 0 Å². The predicted molar refractivity (Wildman–Crippen MR) is 97.1 cm³/mol. The summed E-state index contributed by atoms with van der Waals surface area (Å²) in [6.45, 7) is 3.45. The molecule has 1 aliphatic rings. The first-order chi connectivity index (χ1) is 12.1. The molecule has 0 unspecified atom stereocenters. The topological polar surface area (TPSA) is 75.4 Å². The van der Waals surface area contributed by atoms with Gasteiger partial charge < -0.3 is 16.0 Å². The first-order valence-electron chi connectivity index (χ1n) is 8.54. The van der Waals surface area contributed by atoms with Crippen LogP contribution in [0.1, 0.15) is 34.5 Å². The first kappa shape index (κ1) is 17.0. The Morgan fingerprint density at radius 2 is 1.92 bits per heavy atom. The van der Waals surface area contributed by atoms with Gasteiger partial charge in [0.1, 0.15) is 0 Å². The molecule has 130 valence electrons. The van der Waals surface area contributed by atoms with E-state index in [1.165, 1.54) is 5.56 Å². The van der Waals surface area contributed by atoms with Gasteiger partial charge in [0.25, 0.3) is 0 Å².